The van der Waals surface area contributed by atoms with Gasteiger partial charge in [0.2, 0.25) is 0 Å². The summed E-state index contributed by atoms with van der Waals surface area (Å²) in [5.41, 5.74) is -0.242. The van der Waals surface area contributed by atoms with Gasteiger partial charge in [0.25, 0.3) is 5.56 Å². The van der Waals surface area contributed by atoms with Crippen molar-refractivity contribution in [3.05, 3.63) is 22.6 Å². The summed E-state index contributed by atoms with van der Waals surface area (Å²) in [4.78, 5) is 10.8. The normalized spacial score (nSPS) is 12.9. The second-order valence-electron chi connectivity index (χ2n) is 3.35. The quantitative estimate of drug-likeness (QED) is 0.764. The maximum Gasteiger partial charge on any atom is 0.267 e. The fourth-order valence-electron chi connectivity index (χ4n) is 0.773. The highest BCUT2D eigenvalue weighted by Gasteiger charge is 2.08. The molecule has 1 atom stereocenters. The van der Waals surface area contributed by atoms with Crippen molar-refractivity contribution >= 4 is 0 Å². The number of nitrogens with one attached hydrogen (secondary N) is 1. The van der Waals surface area contributed by atoms with E-state index in [1.54, 1.807) is 0 Å². The number of H-pyrrole nitrogens is 1. The van der Waals surface area contributed by atoms with Crippen LogP contribution in [0.2, 0.25) is 0 Å². The molecule has 1 aromatic rings. The van der Waals surface area contributed by atoms with Gasteiger partial charge in [0.15, 0.2) is 0 Å². The van der Waals surface area contributed by atoms with Gasteiger partial charge < -0.3 is 4.74 Å². The maximum absolute atomic E-state index is 10.8. The molecule has 72 valence electrons. The molecule has 1 rings (SSSR count). The van der Waals surface area contributed by atoms with Crippen molar-refractivity contribution in [2.45, 2.75) is 26.9 Å². The second kappa shape index (κ2) is 4.07. The summed E-state index contributed by atoms with van der Waals surface area (Å²) >= 11 is 0. The molecule has 0 aliphatic heterocycles. The molecule has 0 aromatic carbocycles. The molecule has 1 unspecified atom stereocenters. The Hall–Kier alpha value is -1.32. The molecule has 0 saturated heterocycles. The molecule has 4 nitrogen and oxygen atoms in total. The summed E-state index contributed by atoms with van der Waals surface area (Å²) in [6, 6.07) is 1.39. The van der Waals surface area contributed by atoms with Crippen LogP contribution in [0.15, 0.2) is 17.1 Å². The Morgan fingerprint density at radius 1 is 1.46 bits per heavy atom. The Kier molecular flexibility index (Phi) is 3.06. The first kappa shape index (κ1) is 9.77. The van der Waals surface area contributed by atoms with Crippen LogP contribution in [0.3, 0.4) is 0 Å². The van der Waals surface area contributed by atoms with Crippen molar-refractivity contribution in [3.8, 4) is 5.75 Å². The van der Waals surface area contributed by atoms with Crippen molar-refractivity contribution in [1.29, 1.82) is 0 Å². The predicted octanol–water partition coefficient (Wildman–Crippen LogP) is 1.19. The molecule has 0 bridgehead atoms. The summed E-state index contributed by atoms with van der Waals surface area (Å²) < 4.78 is 5.47. The maximum atomic E-state index is 10.8. The fraction of sp³-hybridized carbons (Fsp3) is 0.556. The van der Waals surface area contributed by atoms with E-state index in [-0.39, 0.29) is 11.7 Å². The monoisotopic (exact) mass is 182 g/mol. The van der Waals surface area contributed by atoms with Gasteiger partial charge in [-0.25, -0.2) is 5.10 Å². The van der Waals surface area contributed by atoms with Crippen molar-refractivity contribution in [2.75, 3.05) is 0 Å². The standard InChI is InChI=1S/C9H14N2O2/c1-6(2)7(3)13-8-4-9(12)11-10-5-8/h4-7H,1-3H3,(H,11,12). The van der Waals surface area contributed by atoms with E-state index in [2.05, 4.69) is 24.0 Å². The molecule has 1 aromatic heterocycles. The highest BCUT2D eigenvalue weighted by Crippen LogP contribution is 2.11. The third-order valence-corrected chi connectivity index (χ3v) is 1.90. The Morgan fingerprint density at radius 3 is 2.69 bits per heavy atom. The topological polar surface area (TPSA) is 55.0 Å². The van der Waals surface area contributed by atoms with Crippen LogP contribution in [-0.2, 0) is 0 Å². The van der Waals surface area contributed by atoms with Crippen LogP contribution >= 0.6 is 0 Å². The number of hydrogen-bond donors (Lipinski definition) is 1. The van der Waals surface area contributed by atoms with E-state index in [0.29, 0.717) is 11.7 Å². The fourth-order valence-corrected chi connectivity index (χ4v) is 0.773. The lowest BCUT2D eigenvalue weighted by molar-refractivity contribution is 0.169. The van der Waals surface area contributed by atoms with Crippen LogP contribution in [0, 0.1) is 5.92 Å². The van der Waals surface area contributed by atoms with E-state index < -0.39 is 0 Å². The highest BCUT2D eigenvalue weighted by atomic mass is 16.5. The molecule has 1 N–H and O–H groups in total. The van der Waals surface area contributed by atoms with Gasteiger partial charge in [-0.05, 0) is 12.8 Å². The summed E-state index contributed by atoms with van der Waals surface area (Å²) in [7, 11) is 0. The number of nitrogens with zero attached hydrogens (tertiary/aromatic N) is 1. The van der Waals surface area contributed by atoms with Crippen molar-refractivity contribution in [3.63, 3.8) is 0 Å². The van der Waals surface area contributed by atoms with Gasteiger partial charge in [-0.2, -0.15) is 5.10 Å². The van der Waals surface area contributed by atoms with E-state index in [4.69, 9.17) is 4.74 Å². The van der Waals surface area contributed by atoms with Crippen molar-refractivity contribution < 1.29 is 4.74 Å². The highest BCUT2D eigenvalue weighted by molar-refractivity contribution is 5.13. The van der Waals surface area contributed by atoms with Crippen molar-refractivity contribution in [1.82, 2.24) is 10.2 Å². The first-order valence-corrected chi connectivity index (χ1v) is 4.31. The summed E-state index contributed by atoms with van der Waals surface area (Å²) in [5.74, 6) is 0.934. The molecule has 1 heterocycles. The van der Waals surface area contributed by atoms with Gasteiger partial charge in [0, 0.05) is 6.07 Å². The van der Waals surface area contributed by atoms with Gasteiger partial charge in [0.05, 0.1) is 12.3 Å². The minimum absolute atomic E-state index is 0.0867. The van der Waals surface area contributed by atoms with Gasteiger partial charge in [-0.3, -0.25) is 4.79 Å². The van der Waals surface area contributed by atoms with E-state index in [1.165, 1.54) is 12.3 Å². The Labute approximate surface area is 76.9 Å². The largest absolute Gasteiger partial charge is 0.489 e. The molecular weight excluding hydrogens is 168 g/mol. The van der Waals surface area contributed by atoms with E-state index in [1.807, 2.05) is 6.92 Å². The number of hydrogen-bond acceptors (Lipinski definition) is 3. The molecule has 0 amide bonds. The van der Waals surface area contributed by atoms with Gasteiger partial charge in [0.1, 0.15) is 5.75 Å². The summed E-state index contributed by atoms with van der Waals surface area (Å²) in [5, 5.41) is 5.92. The van der Waals surface area contributed by atoms with Crippen LogP contribution in [0.25, 0.3) is 0 Å². The first-order chi connectivity index (χ1) is 6.09. The minimum atomic E-state index is -0.242. The molecule has 13 heavy (non-hydrogen) atoms. The predicted molar refractivity (Wildman–Crippen MR) is 49.8 cm³/mol. The summed E-state index contributed by atoms with van der Waals surface area (Å²) in [6.07, 6.45) is 1.59. The Balaban J connectivity index is 2.69. The number of aromatic nitrogens is 2. The van der Waals surface area contributed by atoms with Gasteiger partial charge in [-0.1, -0.05) is 13.8 Å². The van der Waals surface area contributed by atoms with Crippen LogP contribution in [-0.4, -0.2) is 16.3 Å². The molecular formula is C9H14N2O2. The lowest BCUT2D eigenvalue weighted by Gasteiger charge is -2.17. The van der Waals surface area contributed by atoms with Crippen LogP contribution in [0.1, 0.15) is 20.8 Å². The van der Waals surface area contributed by atoms with Gasteiger partial charge >= 0.3 is 0 Å². The molecule has 4 heteroatoms. The van der Waals surface area contributed by atoms with E-state index in [0.717, 1.165) is 0 Å². The molecule has 0 spiro atoms. The average molecular weight is 182 g/mol. The molecule has 0 fully saturated rings. The van der Waals surface area contributed by atoms with Crippen LogP contribution in [0.4, 0.5) is 0 Å². The third kappa shape index (κ3) is 2.89. The van der Waals surface area contributed by atoms with E-state index >= 15 is 0 Å². The van der Waals surface area contributed by atoms with Crippen LogP contribution < -0.4 is 10.3 Å². The lowest BCUT2D eigenvalue weighted by Crippen LogP contribution is -2.20. The lowest BCUT2D eigenvalue weighted by atomic mass is 10.1. The number of ether oxygens (including phenoxy) is 1. The molecule has 0 aliphatic rings. The van der Waals surface area contributed by atoms with Crippen molar-refractivity contribution in [2.24, 2.45) is 5.92 Å². The number of aromatic amines is 1. The second-order valence-corrected chi connectivity index (χ2v) is 3.35. The van der Waals surface area contributed by atoms with Gasteiger partial charge in [-0.15, -0.1) is 0 Å². The SMILES string of the molecule is CC(C)C(C)Oc1cn[nH]c(=O)c1. The summed E-state index contributed by atoms with van der Waals surface area (Å²) in [6.45, 7) is 6.09. The molecule has 0 saturated carbocycles. The third-order valence-electron chi connectivity index (χ3n) is 1.90. The zero-order valence-electron chi connectivity index (χ0n) is 8.07. The minimum Gasteiger partial charge on any atom is -0.489 e. The molecule has 0 radical (unpaired) electrons. The van der Waals surface area contributed by atoms with Crippen LogP contribution in [0.5, 0.6) is 5.75 Å². The molecule has 0 aliphatic carbocycles. The van der Waals surface area contributed by atoms with E-state index in [9.17, 15) is 4.79 Å². The Morgan fingerprint density at radius 2 is 2.15 bits per heavy atom. The number of rotatable bonds is 3. The zero-order chi connectivity index (χ0) is 9.84. The average Bonchev–Trinajstić information content (AvgIpc) is 2.04. The smallest absolute Gasteiger partial charge is 0.267 e. The zero-order valence-corrected chi connectivity index (χ0v) is 8.07. The Bertz CT molecular complexity index is 319. The first-order valence-electron chi connectivity index (χ1n) is 4.31.